The van der Waals surface area contributed by atoms with Crippen LogP contribution >= 0.6 is 11.3 Å². The molecule has 0 aliphatic rings. The molecule has 0 bridgehead atoms. The molecule has 0 saturated heterocycles. The summed E-state index contributed by atoms with van der Waals surface area (Å²) < 4.78 is 1.96. The number of hydrogen-bond donors (Lipinski definition) is 0. The van der Waals surface area contributed by atoms with Crippen molar-refractivity contribution in [3.63, 3.8) is 0 Å². The predicted octanol–water partition coefficient (Wildman–Crippen LogP) is 4.65. The van der Waals surface area contributed by atoms with Gasteiger partial charge in [0.25, 0.3) is 0 Å². The molecule has 0 N–H and O–H groups in total. The van der Waals surface area contributed by atoms with Crippen molar-refractivity contribution in [1.82, 2.24) is 4.98 Å². The second-order valence-electron chi connectivity index (χ2n) is 5.91. The number of hydrogen-bond acceptors (Lipinski definition) is 3. The molecule has 0 amide bonds. The lowest BCUT2D eigenvalue weighted by atomic mass is 10.1. The fraction of sp³-hybridized carbons (Fsp3) is 0.0455. The molecule has 4 rings (SSSR count). The van der Waals surface area contributed by atoms with Crippen molar-refractivity contribution in [2.75, 3.05) is 0 Å². The number of benzene rings is 2. The van der Waals surface area contributed by atoms with Crippen LogP contribution in [0.4, 0.5) is 0 Å². The Morgan fingerprint density at radius 1 is 0.885 bits per heavy atom. The van der Waals surface area contributed by atoms with Crippen LogP contribution in [0.5, 0.6) is 0 Å². The first-order valence-electron chi connectivity index (χ1n) is 8.39. The third-order valence-corrected chi connectivity index (χ3v) is 5.01. The summed E-state index contributed by atoms with van der Waals surface area (Å²) in [5, 5.41) is 2.96. The molecule has 3 nitrogen and oxygen atoms in total. The standard InChI is InChI=1S/C22H17N2OS/c25-21(18-11-5-2-6-12-18)15-24-14-8-7-13-20(24)22-23-19(16-26-22)17-9-3-1-4-10-17/h1-14,16H,15H2/q+1. The number of thiazole rings is 1. The Bertz CT molecular complexity index is 1030. The number of rotatable bonds is 5. The Morgan fingerprint density at radius 2 is 1.58 bits per heavy atom. The molecule has 26 heavy (non-hydrogen) atoms. The van der Waals surface area contributed by atoms with Crippen LogP contribution < -0.4 is 4.57 Å². The van der Waals surface area contributed by atoms with Gasteiger partial charge in [0.15, 0.2) is 11.2 Å². The van der Waals surface area contributed by atoms with Crippen LogP contribution in [0.15, 0.2) is 90.4 Å². The summed E-state index contributed by atoms with van der Waals surface area (Å²) in [7, 11) is 0. The third-order valence-electron chi connectivity index (χ3n) is 4.14. The number of pyridine rings is 1. The van der Waals surface area contributed by atoms with E-state index in [9.17, 15) is 4.79 Å². The molecule has 4 aromatic rings. The quantitative estimate of drug-likeness (QED) is 0.385. The van der Waals surface area contributed by atoms with E-state index in [0.29, 0.717) is 6.54 Å². The zero-order chi connectivity index (χ0) is 17.8. The van der Waals surface area contributed by atoms with Gasteiger partial charge in [-0.3, -0.25) is 4.79 Å². The minimum absolute atomic E-state index is 0.0860. The number of nitrogens with zero attached hydrogens (tertiary/aromatic N) is 2. The van der Waals surface area contributed by atoms with Crippen molar-refractivity contribution in [2.45, 2.75) is 6.54 Å². The molecule has 2 aromatic heterocycles. The van der Waals surface area contributed by atoms with Gasteiger partial charge >= 0.3 is 0 Å². The van der Waals surface area contributed by atoms with E-state index in [0.717, 1.165) is 27.5 Å². The van der Waals surface area contributed by atoms with E-state index in [1.807, 2.05) is 77.5 Å². The molecule has 0 unspecified atom stereocenters. The summed E-state index contributed by atoms with van der Waals surface area (Å²) in [5.41, 5.74) is 3.72. The molecule has 0 atom stereocenters. The zero-order valence-electron chi connectivity index (χ0n) is 14.1. The summed E-state index contributed by atoms with van der Waals surface area (Å²) >= 11 is 1.59. The molecule has 0 aliphatic carbocycles. The third kappa shape index (κ3) is 3.46. The Kier molecular flexibility index (Phi) is 4.67. The summed E-state index contributed by atoms with van der Waals surface area (Å²) in [4.78, 5) is 17.4. The van der Waals surface area contributed by atoms with E-state index in [4.69, 9.17) is 4.98 Å². The SMILES string of the molecule is O=C(C[n+]1ccccc1-c1nc(-c2ccccc2)cs1)c1ccccc1. The van der Waals surface area contributed by atoms with Crippen LogP contribution in [-0.2, 0) is 6.54 Å². The highest BCUT2D eigenvalue weighted by Crippen LogP contribution is 2.27. The molecule has 126 valence electrons. The van der Waals surface area contributed by atoms with Crippen molar-refractivity contribution >= 4 is 17.1 Å². The van der Waals surface area contributed by atoms with Crippen LogP contribution in [0, 0.1) is 0 Å². The van der Waals surface area contributed by atoms with E-state index >= 15 is 0 Å². The van der Waals surface area contributed by atoms with Crippen LogP contribution in [-0.4, -0.2) is 10.8 Å². The van der Waals surface area contributed by atoms with Crippen LogP contribution in [0.1, 0.15) is 10.4 Å². The first-order valence-corrected chi connectivity index (χ1v) is 9.27. The van der Waals surface area contributed by atoms with Crippen LogP contribution in [0.3, 0.4) is 0 Å². The van der Waals surface area contributed by atoms with Gasteiger partial charge in [-0.25, -0.2) is 4.98 Å². The molecular formula is C22H17N2OS+. The number of Topliss-reactive ketones (excluding diaryl/α,β-unsaturated/α-hetero) is 1. The van der Waals surface area contributed by atoms with Gasteiger partial charge in [-0.05, 0) is 6.07 Å². The highest BCUT2D eigenvalue weighted by Gasteiger charge is 2.20. The van der Waals surface area contributed by atoms with Gasteiger partial charge < -0.3 is 0 Å². The number of carbonyl (C=O) groups excluding carboxylic acids is 1. The smallest absolute Gasteiger partial charge is 0.241 e. The molecule has 0 spiro atoms. The Hall–Kier alpha value is -3.11. The predicted molar refractivity (Wildman–Crippen MR) is 104 cm³/mol. The lowest BCUT2D eigenvalue weighted by Crippen LogP contribution is -2.39. The maximum absolute atomic E-state index is 12.6. The first kappa shape index (κ1) is 16.4. The zero-order valence-corrected chi connectivity index (χ0v) is 14.9. The van der Waals surface area contributed by atoms with Gasteiger partial charge in [-0.1, -0.05) is 60.7 Å². The molecule has 0 radical (unpaired) electrons. The lowest BCUT2D eigenvalue weighted by molar-refractivity contribution is -0.672. The van der Waals surface area contributed by atoms with Crippen molar-refractivity contribution in [3.8, 4) is 22.0 Å². The lowest BCUT2D eigenvalue weighted by Gasteiger charge is -2.02. The van der Waals surface area contributed by atoms with Gasteiger partial charge in [0.05, 0.1) is 5.69 Å². The van der Waals surface area contributed by atoms with Gasteiger partial charge in [-0.15, -0.1) is 11.3 Å². The largest absolute Gasteiger partial charge is 0.287 e. The molecule has 0 fully saturated rings. The maximum atomic E-state index is 12.6. The summed E-state index contributed by atoms with van der Waals surface area (Å²) in [5.74, 6) is 0.0860. The van der Waals surface area contributed by atoms with E-state index in [1.165, 1.54) is 0 Å². The number of aromatic nitrogens is 2. The molecule has 0 saturated carbocycles. The highest BCUT2D eigenvalue weighted by molar-refractivity contribution is 7.13. The average molecular weight is 357 g/mol. The fourth-order valence-electron chi connectivity index (χ4n) is 2.81. The summed E-state index contributed by atoms with van der Waals surface area (Å²) in [6.07, 6.45) is 1.93. The Balaban J connectivity index is 1.64. The van der Waals surface area contributed by atoms with Crippen molar-refractivity contribution < 1.29 is 9.36 Å². The minimum atomic E-state index is 0.0860. The monoisotopic (exact) mass is 357 g/mol. The van der Waals surface area contributed by atoms with Gasteiger partial charge in [0.1, 0.15) is 0 Å². The van der Waals surface area contributed by atoms with E-state index < -0.39 is 0 Å². The van der Waals surface area contributed by atoms with Crippen molar-refractivity contribution in [3.05, 3.63) is 96.0 Å². The average Bonchev–Trinajstić information content (AvgIpc) is 3.20. The second kappa shape index (κ2) is 7.42. The van der Waals surface area contributed by atoms with E-state index in [2.05, 4.69) is 17.5 Å². The van der Waals surface area contributed by atoms with E-state index in [1.54, 1.807) is 11.3 Å². The summed E-state index contributed by atoms with van der Waals surface area (Å²) in [6, 6.07) is 25.4. The van der Waals surface area contributed by atoms with Gasteiger partial charge in [-0.2, -0.15) is 4.57 Å². The van der Waals surface area contributed by atoms with Crippen LogP contribution in [0.2, 0.25) is 0 Å². The highest BCUT2D eigenvalue weighted by atomic mass is 32.1. The van der Waals surface area contributed by atoms with Crippen molar-refractivity contribution in [2.24, 2.45) is 0 Å². The van der Waals surface area contributed by atoms with Gasteiger partial charge in [0, 0.05) is 28.6 Å². The topological polar surface area (TPSA) is 33.8 Å². The van der Waals surface area contributed by atoms with Crippen LogP contribution in [0.25, 0.3) is 22.0 Å². The second-order valence-corrected chi connectivity index (χ2v) is 6.77. The number of ketones is 1. The van der Waals surface area contributed by atoms with E-state index in [-0.39, 0.29) is 5.78 Å². The Labute approximate surface area is 156 Å². The molecule has 2 aromatic carbocycles. The molecule has 2 heterocycles. The molecule has 4 heteroatoms. The molecule has 0 aliphatic heterocycles. The van der Waals surface area contributed by atoms with Gasteiger partial charge in [0.2, 0.25) is 18.0 Å². The normalized spacial score (nSPS) is 10.6. The first-order chi connectivity index (χ1) is 12.8. The number of carbonyl (C=O) groups is 1. The Morgan fingerprint density at radius 3 is 2.35 bits per heavy atom. The minimum Gasteiger partial charge on any atom is -0.287 e. The molecular weight excluding hydrogens is 340 g/mol. The maximum Gasteiger partial charge on any atom is 0.241 e. The van der Waals surface area contributed by atoms with Crippen molar-refractivity contribution in [1.29, 1.82) is 0 Å². The fourth-order valence-corrected chi connectivity index (χ4v) is 3.68. The summed E-state index contributed by atoms with van der Waals surface area (Å²) in [6.45, 7) is 0.292.